The summed E-state index contributed by atoms with van der Waals surface area (Å²) in [6.45, 7) is 3.17. The summed E-state index contributed by atoms with van der Waals surface area (Å²) in [5.74, 6) is -1.04. The highest BCUT2D eigenvalue weighted by Crippen LogP contribution is 2.44. The molecule has 2 heterocycles. The summed E-state index contributed by atoms with van der Waals surface area (Å²) in [6, 6.07) is 7.36. The van der Waals surface area contributed by atoms with Crippen molar-refractivity contribution >= 4 is 17.8 Å². The molecule has 2 saturated heterocycles. The maximum atomic E-state index is 12.8. The van der Waals surface area contributed by atoms with Crippen molar-refractivity contribution in [3.05, 3.63) is 35.4 Å². The minimum Gasteiger partial charge on any atom is -0.481 e. The first kappa shape index (κ1) is 17.1. The Morgan fingerprint density at radius 2 is 1.81 bits per heavy atom. The van der Waals surface area contributed by atoms with E-state index in [9.17, 15) is 19.5 Å². The van der Waals surface area contributed by atoms with Gasteiger partial charge >= 0.3 is 5.97 Å². The third kappa shape index (κ3) is 2.59. The maximum Gasteiger partial charge on any atom is 0.313 e. The number of hydrogen-bond donors (Lipinski definition) is 1. The zero-order chi connectivity index (χ0) is 18.5. The van der Waals surface area contributed by atoms with Gasteiger partial charge in [0.1, 0.15) is 5.41 Å². The number of carboxylic acids is 1. The van der Waals surface area contributed by atoms with E-state index in [-0.39, 0.29) is 36.7 Å². The zero-order valence-electron chi connectivity index (χ0n) is 15.0. The summed E-state index contributed by atoms with van der Waals surface area (Å²) < 4.78 is 0. The third-order valence-corrected chi connectivity index (χ3v) is 6.35. The molecule has 2 amide bonds. The fraction of sp³-hybridized carbons (Fsp3) is 0.550. The Hall–Kier alpha value is -2.37. The minimum absolute atomic E-state index is 0.0738. The van der Waals surface area contributed by atoms with E-state index >= 15 is 0 Å². The molecule has 2 aliphatic heterocycles. The van der Waals surface area contributed by atoms with Crippen molar-refractivity contribution in [2.75, 3.05) is 26.2 Å². The molecule has 0 unspecified atom stereocenters. The molecule has 3 fully saturated rings. The van der Waals surface area contributed by atoms with Gasteiger partial charge in [-0.25, -0.2) is 0 Å². The fourth-order valence-corrected chi connectivity index (χ4v) is 4.56. The van der Waals surface area contributed by atoms with E-state index in [4.69, 9.17) is 0 Å². The van der Waals surface area contributed by atoms with E-state index in [1.807, 2.05) is 25.1 Å². The van der Waals surface area contributed by atoms with Gasteiger partial charge in [0.25, 0.3) is 5.91 Å². The minimum atomic E-state index is -1.03. The number of amides is 2. The van der Waals surface area contributed by atoms with Crippen molar-refractivity contribution in [3.8, 4) is 0 Å². The molecular weight excluding hydrogens is 332 g/mol. The van der Waals surface area contributed by atoms with Crippen molar-refractivity contribution in [2.24, 2.45) is 17.3 Å². The normalized spacial score (nSPS) is 28.0. The van der Waals surface area contributed by atoms with Gasteiger partial charge in [0.15, 0.2) is 0 Å². The van der Waals surface area contributed by atoms with Crippen LogP contribution in [0.1, 0.15) is 35.2 Å². The first-order valence-corrected chi connectivity index (χ1v) is 9.29. The van der Waals surface area contributed by atoms with Gasteiger partial charge in [0, 0.05) is 43.6 Å². The van der Waals surface area contributed by atoms with Gasteiger partial charge in [-0.1, -0.05) is 24.1 Å². The molecule has 1 N–H and O–H groups in total. The van der Waals surface area contributed by atoms with Gasteiger partial charge in [-0.2, -0.15) is 0 Å². The number of benzene rings is 1. The zero-order valence-corrected chi connectivity index (χ0v) is 15.0. The first-order chi connectivity index (χ1) is 12.4. The highest BCUT2D eigenvalue weighted by Gasteiger charge is 2.59. The second kappa shape index (κ2) is 6.11. The Kier molecular flexibility index (Phi) is 4.01. The smallest absolute Gasteiger partial charge is 0.313 e. The molecule has 4 rings (SSSR count). The van der Waals surface area contributed by atoms with E-state index in [0.29, 0.717) is 18.7 Å². The Bertz CT molecular complexity index is 773. The molecule has 0 radical (unpaired) electrons. The number of carbonyl (C=O) groups excluding carboxylic acids is 2. The average molecular weight is 356 g/mol. The number of rotatable bonds is 3. The lowest BCUT2D eigenvalue weighted by Gasteiger charge is -2.31. The fourth-order valence-electron chi connectivity index (χ4n) is 4.56. The number of carboxylic acid groups (broad SMARTS) is 1. The first-order valence-electron chi connectivity index (χ1n) is 9.29. The number of likely N-dealkylation sites (tertiary alicyclic amines) is 2. The molecule has 1 aliphatic carbocycles. The summed E-state index contributed by atoms with van der Waals surface area (Å²) in [5, 5.41) is 9.92. The van der Waals surface area contributed by atoms with Crippen LogP contribution in [0.25, 0.3) is 0 Å². The van der Waals surface area contributed by atoms with Crippen molar-refractivity contribution in [1.82, 2.24) is 9.80 Å². The SMILES string of the molecule is Cc1cccc(C(=O)N2C[C@H]3CN(C(=O)C4CCC4)C[C@@]3(C(=O)O)C2)c1. The molecule has 0 spiro atoms. The van der Waals surface area contributed by atoms with Crippen molar-refractivity contribution < 1.29 is 19.5 Å². The highest BCUT2D eigenvalue weighted by atomic mass is 16.4. The third-order valence-electron chi connectivity index (χ3n) is 6.35. The van der Waals surface area contributed by atoms with E-state index in [0.717, 1.165) is 24.8 Å². The molecule has 6 nitrogen and oxygen atoms in total. The van der Waals surface area contributed by atoms with Crippen LogP contribution < -0.4 is 0 Å². The number of aryl methyl sites for hydroxylation is 1. The molecule has 0 bridgehead atoms. The topological polar surface area (TPSA) is 77.9 Å². The van der Waals surface area contributed by atoms with E-state index < -0.39 is 11.4 Å². The van der Waals surface area contributed by atoms with E-state index in [1.165, 1.54) is 0 Å². The maximum absolute atomic E-state index is 12.8. The second-order valence-electron chi connectivity index (χ2n) is 8.06. The van der Waals surface area contributed by atoms with Gasteiger partial charge < -0.3 is 14.9 Å². The summed E-state index contributed by atoms with van der Waals surface area (Å²) >= 11 is 0. The molecule has 138 valence electrons. The molecule has 6 heteroatoms. The Morgan fingerprint density at radius 1 is 1.12 bits per heavy atom. The second-order valence-corrected chi connectivity index (χ2v) is 8.06. The summed E-state index contributed by atoms with van der Waals surface area (Å²) in [4.78, 5) is 40.9. The number of nitrogens with zero attached hydrogens (tertiary/aromatic N) is 2. The average Bonchev–Trinajstić information content (AvgIpc) is 3.07. The van der Waals surface area contributed by atoms with E-state index in [1.54, 1.807) is 15.9 Å². The molecule has 1 aromatic rings. The number of hydrogen-bond acceptors (Lipinski definition) is 3. The number of fused-ring (bicyclic) bond motifs is 1. The van der Waals surface area contributed by atoms with Crippen LogP contribution in [-0.2, 0) is 9.59 Å². The van der Waals surface area contributed by atoms with Gasteiger partial charge in [0.2, 0.25) is 5.91 Å². The van der Waals surface area contributed by atoms with Crippen molar-refractivity contribution in [1.29, 1.82) is 0 Å². The molecule has 3 aliphatic rings. The van der Waals surface area contributed by atoms with Crippen LogP contribution in [0.4, 0.5) is 0 Å². The standard InChI is InChI=1S/C20H24N2O4/c1-13-4-2-7-15(8-13)18(24)22-10-16-9-21(17(23)14-5-3-6-14)11-20(16,12-22)19(25)26/h2,4,7-8,14,16H,3,5-6,9-12H2,1H3,(H,25,26)/t16-,20-/m1/s1. The van der Waals surface area contributed by atoms with Crippen LogP contribution in [0.2, 0.25) is 0 Å². The molecule has 1 saturated carbocycles. The molecule has 0 aromatic heterocycles. The van der Waals surface area contributed by atoms with Gasteiger partial charge in [-0.15, -0.1) is 0 Å². The number of aliphatic carboxylic acids is 1. The Balaban J connectivity index is 1.52. The van der Waals surface area contributed by atoms with Crippen LogP contribution in [-0.4, -0.2) is 58.9 Å². The van der Waals surface area contributed by atoms with Crippen LogP contribution in [0.3, 0.4) is 0 Å². The lowest BCUT2D eigenvalue weighted by atomic mass is 9.81. The highest BCUT2D eigenvalue weighted by molar-refractivity contribution is 5.95. The summed E-state index contributed by atoms with van der Waals surface area (Å²) in [5.41, 5.74) is 0.562. The van der Waals surface area contributed by atoms with Crippen molar-refractivity contribution in [2.45, 2.75) is 26.2 Å². The molecular formula is C20H24N2O4. The number of carbonyl (C=O) groups is 3. The predicted molar refractivity (Wildman–Crippen MR) is 94.6 cm³/mol. The summed E-state index contributed by atoms with van der Waals surface area (Å²) in [7, 11) is 0. The molecule has 26 heavy (non-hydrogen) atoms. The van der Waals surface area contributed by atoms with Crippen LogP contribution in [0.5, 0.6) is 0 Å². The monoisotopic (exact) mass is 356 g/mol. The lowest BCUT2D eigenvalue weighted by Crippen LogP contribution is -2.44. The lowest BCUT2D eigenvalue weighted by molar-refractivity contribution is -0.149. The van der Waals surface area contributed by atoms with Crippen LogP contribution >= 0.6 is 0 Å². The van der Waals surface area contributed by atoms with Crippen molar-refractivity contribution in [3.63, 3.8) is 0 Å². The molecule has 1 aromatic carbocycles. The molecule has 2 atom stereocenters. The van der Waals surface area contributed by atoms with Gasteiger partial charge in [-0.05, 0) is 31.9 Å². The van der Waals surface area contributed by atoms with Crippen LogP contribution in [0, 0.1) is 24.2 Å². The van der Waals surface area contributed by atoms with E-state index in [2.05, 4.69) is 0 Å². The Labute approximate surface area is 152 Å². The predicted octanol–water partition coefficient (Wildman–Crippen LogP) is 1.78. The summed E-state index contributed by atoms with van der Waals surface area (Å²) in [6.07, 6.45) is 2.91. The van der Waals surface area contributed by atoms with Gasteiger partial charge in [-0.3, -0.25) is 14.4 Å². The van der Waals surface area contributed by atoms with Gasteiger partial charge in [0.05, 0.1) is 0 Å². The largest absolute Gasteiger partial charge is 0.481 e. The van der Waals surface area contributed by atoms with Crippen LogP contribution in [0.15, 0.2) is 24.3 Å². The Morgan fingerprint density at radius 3 is 2.38 bits per heavy atom. The quantitative estimate of drug-likeness (QED) is 0.895.